The molecule has 0 atom stereocenters. The molecule has 0 aliphatic heterocycles. The molecule has 110 valence electrons. The summed E-state index contributed by atoms with van der Waals surface area (Å²) in [5.74, 6) is 0.707. The van der Waals surface area contributed by atoms with Gasteiger partial charge < -0.3 is 5.32 Å². The number of aryl methyl sites for hydroxylation is 1. The standard InChI is InChI=1S/C14H18ClNO3S/c15-20(18,19)13-7-4-11(5-8-13)6-9-14(17)16-10-12-2-1-3-12/h4-5,7-8,12H,1-3,6,9-10H2,(H,16,17). The van der Waals surface area contributed by atoms with Crippen molar-refractivity contribution >= 4 is 25.6 Å². The van der Waals surface area contributed by atoms with E-state index < -0.39 is 9.05 Å². The lowest BCUT2D eigenvalue weighted by atomic mass is 9.85. The third kappa shape index (κ3) is 4.49. The van der Waals surface area contributed by atoms with Gasteiger partial charge in [-0.2, -0.15) is 0 Å². The fourth-order valence-electron chi connectivity index (χ4n) is 2.12. The normalized spacial score (nSPS) is 15.7. The van der Waals surface area contributed by atoms with Crippen LogP contribution in [0.1, 0.15) is 31.2 Å². The lowest BCUT2D eigenvalue weighted by molar-refractivity contribution is -0.121. The van der Waals surface area contributed by atoms with E-state index in [1.807, 2.05) is 0 Å². The van der Waals surface area contributed by atoms with Crippen LogP contribution in [-0.2, 0) is 20.3 Å². The minimum Gasteiger partial charge on any atom is -0.356 e. The number of hydrogen-bond acceptors (Lipinski definition) is 3. The van der Waals surface area contributed by atoms with E-state index in [9.17, 15) is 13.2 Å². The summed E-state index contributed by atoms with van der Waals surface area (Å²) in [4.78, 5) is 11.7. The summed E-state index contributed by atoms with van der Waals surface area (Å²) >= 11 is 0. The molecule has 1 aromatic rings. The van der Waals surface area contributed by atoms with Crippen molar-refractivity contribution in [2.75, 3.05) is 6.54 Å². The average molecular weight is 316 g/mol. The average Bonchev–Trinajstić information content (AvgIpc) is 2.34. The molecule has 1 saturated carbocycles. The maximum atomic E-state index is 11.7. The summed E-state index contributed by atoms with van der Waals surface area (Å²) in [5.41, 5.74) is 0.924. The molecule has 0 heterocycles. The van der Waals surface area contributed by atoms with Gasteiger partial charge in [-0.3, -0.25) is 4.79 Å². The molecule has 1 aliphatic carbocycles. The zero-order valence-corrected chi connectivity index (χ0v) is 12.7. The quantitative estimate of drug-likeness (QED) is 0.820. The molecule has 1 amide bonds. The zero-order valence-electron chi connectivity index (χ0n) is 11.1. The molecule has 6 heteroatoms. The molecule has 0 spiro atoms. The molecule has 0 saturated heterocycles. The molecule has 0 aromatic heterocycles. The van der Waals surface area contributed by atoms with Crippen molar-refractivity contribution in [2.45, 2.75) is 37.0 Å². The molecule has 0 radical (unpaired) electrons. The molecular weight excluding hydrogens is 298 g/mol. The van der Waals surface area contributed by atoms with Gasteiger partial charge in [-0.1, -0.05) is 18.6 Å². The highest BCUT2D eigenvalue weighted by Crippen LogP contribution is 2.25. The summed E-state index contributed by atoms with van der Waals surface area (Å²) in [5, 5.41) is 2.93. The molecule has 1 fully saturated rings. The molecule has 2 rings (SSSR count). The van der Waals surface area contributed by atoms with E-state index >= 15 is 0 Å². The van der Waals surface area contributed by atoms with Gasteiger partial charge in [-0.25, -0.2) is 8.42 Å². The Hall–Kier alpha value is -1.07. The van der Waals surface area contributed by atoms with E-state index in [2.05, 4.69) is 5.32 Å². The van der Waals surface area contributed by atoms with Crippen LogP contribution in [0.3, 0.4) is 0 Å². The van der Waals surface area contributed by atoms with Crippen LogP contribution >= 0.6 is 10.7 Å². The summed E-state index contributed by atoms with van der Waals surface area (Å²) in [6.45, 7) is 0.780. The van der Waals surface area contributed by atoms with Crippen LogP contribution in [0.5, 0.6) is 0 Å². The number of amides is 1. The molecule has 1 aromatic carbocycles. The van der Waals surface area contributed by atoms with Gasteiger partial charge in [0.15, 0.2) is 0 Å². The second-order valence-electron chi connectivity index (χ2n) is 5.18. The van der Waals surface area contributed by atoms with Crippen LogP contribution in [-0.4, -0.2) is 20.9 Å². The fourth-order valence-corrected chi connectivity index (χ4v) is 2.89. The Morgan fingerprint density at radius 1 is 1.25 bits per heavy atom. The van der Waals surface area contributed by atoms with Crippen molar-refractivity contribution < 1.29 is 13.2 Å². The van der Waals surface area contributed by atoms with Crippen molar-refractivity contribution in [3.63, 3.8) is 0 Å². The highest BCUT2D eigenvalue weighted by Gasteiger charge is 2.17. The van der Waals surface area contributed by atoms with Crippen LogP contribution in [0.4, 0.5) is 0 Å². The van der Waals surface area contributed by atoms with E-state index in [1.54, 1.807) is 12.1 Å². The molecule has 0 bridgehead atoms. The number of carbonyl (C=O) groups is 1. The van der Waals surface area contributed by atoms with Crippen molar-refractivity contribution in [1.82, 2.24) is 5.32 Å². The van der Waals surface area contributed by atoms with Crippen LogP contribution in [0.25, 0.3) is 0 Å². The Morgan fingerprint density at radius 3 is 2.40 bits per heavy atom. The van der Waals surface area contributed by atoms with Crippen molar-refractivity contribution in [3.05, 3.63) is 29.8 Å². The molecular formula is C14H18ClNO3S. The lowest BCUT2D eigenvalue weighted by Crippen LogP contribution is -2.32. The molecule has 1 aliphatic rings. The maximum Gasteiger partial charge on any atom is 0.261 e. The Bertz CT molecular complexity index is 565. The smallest absolute Gasteiger partial charge is 0.261 e. The fraction of sp³-hybridized carbons (Fsp3) is 0.500. The number of carbonyl (C=O) groups excluding carboxylic acids is 1. The Labute approximate surface area is 123 Å². The van der Waals surface area contributed by atoms with Gasteiger partial charge in [-0.05, 0) is 42.9 Å². The number of benzene rings is 1. The van der Waals surface area contributed by atoms with Crippen molar-refractivity contribution in [1.29, 1.82) is 0 Å². The predicted molar refractivity (Wildman–Crippen MR) is 78.2 cm³/mol. The molecule has 20 heavy (non-hydrogen) atoms. The molecule has 1 N–H and O–H groups in total. The Kier molecular flexibility index (Phi) is 5.05. The van der Waals surface area contributed by atoms with Gasteiger partial charge in [0.05, 0.1) is 4.90 Å². The number of halogens is 1. The van der Waals surface area contributed by atoms with E-state index in [-0.39, 0.29) is 10.8 Å². The van der Waals surface area contributed by atoms with E-state index in [0.29, 0.717) is 18.8 Å². The number of nitrogens with one attached hydrogen (secondary N) is 1. The van der Waals surface area contributed by atoms with Gasteiger partial charge in [-0.15, -0.1) is 0 Å². The molecule has 0 unspecified atom stereocenters. The minimum absolute atomic E-state index is 0.0472. The summed E-state index contributed by atoms with van der Waals surface area (Å²) in [6.07, 6.45) is 4.72. The maximum absolute atomic E-state index is 11.7. The van der Waals surface area contributed by atoms with Gasteiger partial charge in [0.1, 0.15) is 0 Å². The SMILES string of the molecule is O=C(CCc1ccc(S(=O)(=O)Cl)cc1)NCC1CCC1. The van der Waals surface area contributed by atoms with Crippen LogP contribution < -0.4 is 5.32 Å². The summed E-state index contributed by atoms with van der Waals surface area (Å²) in [6, 6.07) is 6.30. The van der Waals surface area contributed by atoms with E-state index in [0.717, 1.165) is 12.1 Å². The molecule has 4 nitrogen and oxygen atoms in total. The summed E-state index contributed by atoms with van der Waals surface area (Å²) < 4.78 is 22.2. The Balaban J connectivity index is 1.77. The second-order valence-corrected chi connectivity index (χ2v) is 7.75. The van der Waals surface area contributed by atoms with Crippen LogP contribution in [0.2, 0.25) is 0 Å². The van der Waals surface area contributed by atoms with Crippen LogP contribution in [0.15, 0.2) is 29.2 Å². The third-order valence-corrected chi connectivity index (χ3v) is 5.03. The largest absolute Gasteiger partial charge is 0.356 e. The second kappa shape index (κ2) is 6.59. The topological polar surface area (TPSA) is 63.2 Å². The first-order valence-corrected chi connectivity index (χ1v) is 9.06. The number of rotatable bonds is 6. The first-order chi connectivity index (χ1) is 9.45. The van der Waals surface area contributed by atoms with Crippen molar-refractivity contribution in [3.8, 4) is 0 Å². The first-order valence-electron chi connectivity index (χ1n) is 6.75. The summed E-state index contributed by atoms with van der Waals surface area (Å²) in [7, 11) is 1.56. The number of hydrogen-bond donors (Lipinski definition) is 1. The van der Waals surface area contributed by atoms with Crippen molar-refractivity contribution in [2.24, 2.45) is 5.92 Å². The lowest BCUT2D eigenvalue weighted by Gasteiger charge is -2.25. The van der Waals surface area contributed by atoms with E-state index in [4.69, 9.17) is 10.7 Å². The Morgan fingerprint density at radius 2 is 1.90 bits per heavy atom. The zero-order chi connectivity index (χ0) is 14.6. The highest BCUT2D eigenvalue weighted by molar-refractivity contribution is 8.13. The highest BCUT2D eigenvalue weighted by atomic mass is 35.7. The minimum atomic E-state index is -3.67. The monoisotopic (exact) mass is 315 g/mol. The van der Waals surface area contributed by atoms with Gasteiger partial charge >= 0.3 is 0 Å². The van der Waals surface area contributed by atoms with E-state index in [1.165, 1.54) is 31.4 Å². The van der Waals surface area contributed by atoms with Crippen LogP contribution in [0, 0.1) is 5.92 Å². The van der Waals surface area contributed by atoms with Gasteiger partial charge in [0, 0.05) is 23.6 Å². The first kappa shape index (κ1) is 15.3. The van der Waals surface area contributed by atoms with Gasteiger partial charge in [0.25, 0.3) is 9.05 Å². The van der Waals surface area contributed by atoms with Gasteiger partial charge in [0.2, 0.25) is 5.91 Å². The third-order valence-electron chi connectivity index (χ3n) is 3.66. The predicted octanol–water partition coefficient (Wildman–Crippen LogP) is 2.46.